The molecule has 2 saturated carbocycles. The lowest BCUT2D eigenvalue weighted by molar-refractivity contribution is -0.384. The Balaban J connectivity index is 1.60. The molecule has 2 bridgehead atoms. The van der Waals surface area contributed by atoms with Crippen LogP contribution in [0.1, 0.15) is 56.0 Å². The van der Waals surface area contributed by atoms with Gasteiger partial charge in [0.25, 0.3) is 5.69 Å². The number of hydrogen-bond donors (Lipinski definition) is 1. The third-order valence-corrected chi connectivity index (χ3v) is 8.30. The second-order valence-corrected chi connectivity index (χ2v) is 10.1. The molecule has 2 atom stereocenters. The van der Waals surface area contributed by atoms with E-state index in [2.05, 4.69) is 24.3 Å². The van der Waals surface area contributed by atoms with Crippen LogP contribution in [0.2, 0.25) is 0 Å². The zero-order chi connectivity index (χ0) is 25.6. The van der Waals surface area contributed by atoms with Crippen molar-refractivity contribution in [2.45, 2.75) is 47.0 Å². The van der Waals surface area contributed by atoms with Gasteiger partial charge in [0.1, 0.15) is 5.75 Å². The summed E-state index contributed by atoms with van der Waals surface area (Å²) in [6.45, 7) is 8.10. The Bertz CT molecular complexity index is 1250. The zero-order valence-corrected chi connectivity index (χ0v) is 20.5. The van der Waals surface area contributed by atoms with Crippen molar-refractivity contribution in [3.8, 4) is 5.75 Å². The molecule has 2 unspecified atom stereocenters. The maximum absolute atomic E-state index is 13.7. The van der Waals surface area contributed by atoms with Gasteiger partial charge in [-0.05, 0) is 48.9 Å². The molecule has 1 amide bonds. The maximum Gasteiger partial charge on any atom is 0.365 e. The molecule has 9 nitrogen and oxygen atoms in total. The Kier molecular flexibility index (Phi) is 5.91. The summed E-state index contributed by atoms with van der Waals surface area (Å²) in [5, 5.41) is 18.3. The zero-order valence-electron chi connectivity index (χ0n) is 20.5. The smallest absolute Gasteiger partial charge is 0.365 e. The van der Waals surface area contributed by atoms with Gasteiger partial charge in [0.05, 0.1) is 34.4 Å². The molecule has 35 heavy (non-hydrogen) atoms. The van der Waals surface area contributed by atoms with Crippen LogP contribution in [-0.2, 0) is 9.63 Å². The van der Waals surface area contributed by atoms with Crippen LogP contribution < -0.4 is 10.1 Å². The number of hydrogen-bond acceptors (Lipinski definition) is 7. The van der Waals surface area contributed by atoms with Gasteiger partial charge in [-0.1, -0.05) is 38.1 Å². The predicted octanol–water partition coefficient (Wildman–Crippen LogP) is 5.28. The molecule has 0 saturated heterocycles. The van der Waals surface area contributed by atoms with Crippen molar-refractivity contribution in [1.29, 1.82) is 0 Å². The van der Waals surface area contributed by atoms with Gasteiger partial charge in [0, 0.05) is 24.0 Å². The molecule has 0 spiro atoms. The first-order valence-electron chi connectivity index (χ1n) is 11.4. The van der Waals surface area contributed by atoms with Crippen LogP contribution in [0.15, 0.2) is 47.6 Å². The van der Waals surface area contributed by atoms with Gasteiger partial charge in [-0.15, -0.1) is 0 Å². The van der Waals surface area contributed by atoms with Gasteiger partial charge in [0.2, 0.25) is 5.91 Å². The highest BCUT2D eigenvalue weighted by atomic mass is 16.7. The minimum absolute atomic E-state index is 0.0371. The number of ether oxygens (including phenoxy) is 1. The van der Waals surface area contributed by atoms with Crippen LogP contribution in [-0.4, -0.2) is 29.6 Å². The number of nitro groups is 1. The lowest BCUT2D eigenvalue weighted by Crippen LogP contribution is -2.43. The molecule has 4 rings (SSSR count). The Morgan fingerprint density at radius 1 is 1.11 bits per heavy atom. The molecule has 0 radical (unpaired) electrons. The fourth-order valence-corrected chi connectivity index (χ4v) is 5.58. The number of anilines is 1. The fraction of sp³-hybridized carbons (Fsp3) is 0.423. The van der Waals surface area contributed by atoms with E-state index in [4.69, 9.17) is 9.57 Å². The number of methoxy groups -OCH3 is 1. The number of carbonyl (C=O) groups excluding carboxylic acids is 2. The Labute approximate surface area is 203 Å². The van der Waals surface area contributed by atoms with E-state index in [9.17, 15) is 19.7 Å². The van der Waals surface area contributed by atoms with Gasteiger partial charge in [-0.3, -0.25) is 14.9 Å². The number of amides is 1. The van der Waals surface area contributed by atoms with E-state index in [1.54, 1.807) is 7.11 Å². The summed E-state index contributed by atoms with van der Waals surface area (Å²) < 4.78 is 5.43. The minimum atomic E-state index is -0.784. The first-order valence-corrected chi connectivity index (χ1v) is 11.4. The third kappa shape index (κ3) is 3.75. The molecule has 2 aromatic carbocycles. The third-order valence-electron chi connectivity index (χ3n) is 8.30. The van der Waals surface area contributed by atoms with E-state index in [0.717, 1.165) is 11.6 Å². The lowest BCUT2D eigenvalue weighted by Gasteiger charge is -2.39. The van der Waals surface area contributed by atoms with E-state index in [1.165, 1.54) is 18.2 Å². The molecule has 2 aliphatic carbocycles. The molecule has 0 aliphatic heterocycles. The number of nitrogens with one attached hydrogen (secondary N) is 1. The van der Waals surface area contributed by atoms with Gasteiger partial charge >= 0.3 is 5.97 Å². The average molecular weight is 480 g/mol. The second-order valence-electron chi connectivity index (χ2n) is 10.1. The highest BCUT2D eigenvalue weighted by Crippen LogP contribution is 2.71. The monoisotopic (exact) mass is 479 g/mol. The van der Waals surface area contributed by atoms with Gasteiger partial charge < -0.3 is 14.9 Å². The van der Waals surface area contributed by atoms with E-state index >= 15 is 0 Å². The van der Waals surface area contributed by atoms with Crippen LogP contribution in [0.3, 0.4) is 0 Å². The molecule has 2 fully saturated rings. The van der Waals surface area contributed by atoms with Crippen molar-refractivity contribution >= 4 is 29.0 Å². The fourth-order valence-electron chi connectivity index (χ4n) is 5.58. The highest BCUT2D eigenvalue weighted by Gasteiger charge is 2.71. The van der Waals surface area contributed by atoms with Gasteiger partial charge in [-0.25, -0.2) is 4.79 Å². The molecule has 184 valence electrons. The van der Waals surface area contributed by atoms with E-state index in [-0.39, 0.29) is 17.2 Å². The summed E-state index contributed by atoms with van der Waals surface area (Å²) >= 11 is 0. The number of benzene rings is 2. The number of oxime groups is 1. The van der Waals surface area contributed by atoms with Crippen molar-refractivity contribution in [2.75, 3.05) is 12.4 Å². The van der Waals surface area contributed by atoms with Crippen molar-refractivity contribution in [3.63, 3.8) is 0 Å². The molecular formula is C26H29N3O6. The number of non-ortho nitro benzene ring substituents is 1. The van der Waals surface area contributed by atoms with Crippen molar-refractivity contribution in [1.82, 2.24) is 0 Å². The summed E-state index contributed by atoms with van der Waals surface area (Å²) in [7, 11) is 1.56. The van der Waals surface area contributed by atoms with Gasteiger partial charge in [-0.2, -0.15) is 0 Å². The minimum Gasteiger partial charge on any atom is -0.495 e. The van der Waals surface area contributed by atoms with Crippen molar-refractivity contribution in [2.24, 2.45) is 21.4 Å². The summed E-state index contributed by atoms with van der Waals surface area (Å²) in [6.07, 6.45) is 1.73. The number of rotatable bonds is 6. The summed E-state index contributed by atoms with van der Waals surface area (Å²) in [4.78, 5) is 42.0. The maximum atomic E-state index is 13.7. The Hall–Kier alpha value is -3.75. The van der Waals surface area contributed by atoms with Crippen LogP contribution >= 0.6 is 0 Å². The van der Waals surface area contributed by atoms with E-state index in [0.29, 0.717) is 36.4 Å². The quantitative estimate of drug-likeness (QED) is 0.342. The van der Waals surface area contributed by atoms with E-state index < -0.39 is 27.1 Å². The average Bonchev–Trinajstić information content (AvgIpc) is 3.13. The molecule has 0 aromatic heterocycles. The van der Waals surface area contributed by atoms with E-state index in [1.807, 2.05) is 32.0 Å². The number of carbonyl (C=O) groups is 2. The predicted molar refractivity (Wildman–Crippen MR) is 130 cm³/mol. The van der Waals surface area contributed by atoms with Crippen molar-refractivity contribution < 1.29 is 24.1 Å². The number of aryl methyl sites for hydroxylation is 1. The molecule has 1 N–H and O–H groups in total. The van der Waals surface area contributed by atoms with Crippen LogP contribution in [0.25, 0.3) is 0 Å². The van der Waals surface area contributed by atoms with Crippen LogP contribution in [0.5, 0.6) is 5.75 Å². The Morgan fingerprint density at radius 3 is 2.54 bits per heavy atom. The first kappa shape index (κ1) is 24.4. The van der Waals surface area contributed by atoms with Gasteiger partial charge in [0.15, 0.2) is 0 Å². The standard InChI is InChI=1S/C26H29N3O6/c1-16-9-10-20(34-5)19(13-16)27-23(31)26-12-11-25(4,24(26,2)3)21(15-26)28-35-22(30)17-7-6-8-18(14-17)29(32)33/h6-10,13-14H,11-12,15H2,1-5H3,(H,27,31)/b28-21-. The largest absolute Gasteiger partial charge is 0.495 e. The molecule has 0 heterocycles. The highest BCUT2D eigenvalue weighted by molar-refractivity contribution is 6.07. The first-order chi connectivity index (χ1) is 16.4. The van der Waals surface area contributed by atoms with Crippen LogP contribution in [0.4, 0.5) is 11.4 Å². The topological polar surface area (TPSA) is 120 Å². The van der Waals surface area contributed by atoms with Crippen molar-refractivity contribution in [3.05, 3.63) is 63.7 Å². The van der Waals surface area contributed by atoms with Crippen LogP contribution in [0, 0.1) is 33.3 Å². The normalized spacial score (nSPS) is 25.3. The SMILES string of the molecule is COc1ccc(C)cc1NC(=O)C12CCC(C)(/C(=N\OC(=O)c3cccc([N+](=O)[O-])c3)C1)C2(C)C. The second kappa shape index (κ2) is 8.48. The molecule has 2 aliphatic rings. The number of fused-ring (bicyclic) bond motifs is 2. The number of nitrogens with zero attached hydrogens (tertiary/aromatic N) is 2. The number of nitro benzene ring substituents is 1. The Morgan fingerprint density at radius 2 is 1.86 bits per heavy atom. The summed E-state index contributed by atoms with van der Waals surface area (Å²) in [6, 6.07) is 10.9. The summed E-state index contributed by atoms with van der Waals surface area (Å²) in [5.74, 6) is -0.324. The molecular weight excluding hydrogens is 450 g/mol. The lowest BCUT2D eigenvalue weighted by atomic mass is 9.64. The molecule has 2 aromatic rings. The molecule has 9 heteroatoms. The summed E-state index contributed by atoms with van der Waals surface area (Å²) in [5.41, 5.74) is 0.417.